The Morgan fingerprint density at radius 2 is 1.92 bits per heavy atom. The molecule has 0 atom stereocenters. The van der Waals surface area contributed by atoms with Crippen LogP contribution in [-0.2, 0) is 6.42 Å². The van der Waals surface area contributed by atoms with Crippen molar-refractivity contribution in [2.45, 2.75) is 6.42 Å². The fourth-order valence-corrected chi connectivity index (χ4v) is 2.89. The monoisotopic (exact) mass is 389 g/mol. The summed E-state index contributed by atoms with van der Waals surface area (Å²) in [5.41, 5.74) is 1.20. The van der Waals surface area contributed by atoms with Crippen molar-refractivity contribution in [3.8, 4) is 5.75 Å². The number of nitro benzene ring substituents is 1. The topological polar surface area (TPSA) is 82.6 Å². The molecule has 0 saturated carbocycles. The van der Waals surface area contributed by atoms with Crippen LogP contribution in [0.3, 0.4) is 0 Å². The fourth-order valence-electron chi connectivity index (χ4n) is 2.44. The van der Waals surface area contributed by atoms with Gasteiger partial charge in [-0.05, 0) is 23.8 Å². The van der Waals surface area contributed by atoms with Gasteiger partial charge in [-0.3, -0.25) is 10.1 Å². The van der Waals surface area contributed by atoms with E-state index in [1.807, 2.05) is 6.07 Å². The van der Waals surface area contributed by atoms with Gasteiger partial charge in [-0.25, -0.2) is 4.79 Å². The van der Waals surface area contributed by atoms with Crippen LogP contribution in [0.4, 0.5) is 5.69 Å². The molecule has 7 heteroatoms. The Morgan fingerprint density at radius 1 is 1.21 bits per heavy atom. The van der Waals surface area contributed by atoms with Crippen LogP contribution in [-0.4, -0.2) is 12.0 Å². The highest BCUT2D eigenvalue weighted by atomic mass is 79.9. The van der Waals surface area contributed by atoms with E-state index in [1.54, 1.807) is 24.3 Å². The Kier molecular flexibility index (Phi) is 4.35. The molecule has 0 spiro atoms. The van der Waals surface area contributed by atoms with Gasteiger partial charge in [-0.1, -0.05) is 28.1 Å². The van der Waals surface area contributed by atoms with Crippen LogP contribution in [0.5, 0.6) is 5.75 Å². The second-order valence-corrected chi connectivity index (χ2v) is 6.10. The van der Waals surface area contributed by atoms with Gasteiger partial charge in [-0.15, -0.1) is 0 Å². The van der Waals surface area contributed by atoms with E-state index in [0.717, 1.165) is 15.4 Å². The first-order valence-electron chi connectivity index (χ1n) is 7.01. The van der Waals surface area contributed by atoms with Crippen molar-refractivity contribution in [1.82, 2.24) is 0 Å². The summed E-state index contributed by atoms with van der Waals surface area (Å²) in [6.07, 6.45) is 0.325. The van der Waals surface area contributed by atoms with E-state index in [0.29, 0.717) is 23.3 Å². The van der Waals surface area contributed by atoms with Crippen LogP contribution in [0.25, 0.3) is 11.0 Å². The van der Waals surface area contributed by atoms with Crippen LogP contribution in [0, 0.1) is 10.1 Å². The Balaban J connectivity index is 2.02. The summed E-state index contributed by atoms with van der Waals surface area (Å²) in [6, 6.07) is 11.4. The van der Waals surface area contributed by atoms with E-state index in [-0.39, 0.29) is 5.69 Å². The summed E-state index contributed by atoms with van der Waals surface area (Å²) in [5.74, 6) is 0.471. The number of halogens is 1. The highest BCUT2D eigenvalue weighted by Crippen LogP contribution is 2.29. The fraction of sp³-hybridized carbons (Fsp3) is 0.118. The average Bonchev–Trinajstić information content (AvgIpc) is 2.56. The van der Waals surface area contributed by atoms with Crippen molar-refractivity contribution in [2.75, 3.05) is 7.11 Å². The molecule has 2 aromatic carbocycles. The van der Waals surface area contributed by atoms with E-state index in [2.05, 4.69) is 15.9 Å². The molecule has 0 radical (unpaired) electrons. The number of nitrogens with zero attached hydrogens (tertiary/aromatic N) is 1. The van der Waals surface area contributed by atoms with Crippen molar-refractivity contribution < 1.29 is 14.1 Å². The van der Waals surface area contributed by atoms with Crippen LogP contribution in [0.15, 0.2) is 56.1 Å². The molecule has 0 N–H and O–H groups in total. The lowest BCUT2D eigenvalue weighted by atomic mass is 10.0. The number of non-ortho nitro benzene ring substituents is 1. The third-order valence-corrected chi connectivity index (χ3v) is 4.05. The van der Waals surface area contributed by atoms with Gasteiger partial charge in [0.1, 0.15) is 0 Å². The minimum atomic E-state index is -0.460. The third-order valence-electron chi connectivity index (χ3n) is 3.60. The second-order valence-electron chi connectivity index (χ2n) is 5.19. The molecule has 0 saturated heterocycles. The third kappa shape index (κ3) is 3.16. The first-order valence-corrected chi connectivity index (χ1v) is 7.81. The minimum absolute atomic E-state index is 0.0120. The summed E-state index contributed by atoms with van der Waals surface area (Å²) in [6.45, 7) is 0. The number of ether oxygens (including phenoxy) is 1. The molecule has 122 valence electrons. The molecule has 6 nitrogen and oxygen atoms in total. The van der Waals surface area contributed by atoms with E-state index in [4.69, 9.17) is 9.15 Å². The largest absolute Gasteiger partial charge is 0.493 e. The second kappa shape index (κ2) is 6.45. The van der Waals surface area contributed by atoms with Crippen LogP contribution in [0.1, 0.15) is 11.1 Å². The Labute approximate surface area is 145 Å². The van der Waals surface area contributed by atoms with Crippen molar-refractivity contribution >= 4 is 32.6 Å². The number of hydrogen-bond donors (Lipinski definition) is 0. The van der Waals surface area contributed by atoms with Crippen molar-refractivity contribution in [1.29, 1.82) is 0 Å². The van der Waals surface area contributed by atoms with Gasteiger partial charge < -0.3 is 9.15 Å². The summed E-state index contributed by atoms with van der Waals surface area (Å²) >= 11 is 3.39. The van der Waals surface area contributed by atoms with E-state index in [9.17, 15) is 14.9 Å². The van der Waals surface area contributed by atoms with Gasteiger partial charge in [0.2, 0.25) is 0 Å². The molecule has 0 fully saturated rings. The molecule has 0 unspecified atom stereocenters. The number of rotatable bonds is 4. The Hall–Kier alpha value is -2.67. The zero-order chi connectivity index (χ0) is 17.3. The van der Waals surface area contributed by atoms with Crippen LogP contribution in [0.2, 0.25) is 0 Å². The summed E-state index contributed by atoms with van der Waals surface area (Å²) in [5, 5.41) is 11.4. The lowest BCUT2D eigenvalue weighted by molar-refractivity contribution is -0.384. The van der Waals surface area contributed by atoms with Gasteiger partial charge >= 0.3 is 5.63 Å². The van der Waals surface area contributed by atoms with Gasteiger partial charge in [-0.2, -0.15) is 0 Å². The predicted molar refractivity (Wildman–Crippen MR) is 92.6 cm³/mol. The number of nitro groups is 1. The molecule has 3 aromatic rings. The minimum Gasteiger partial charge on any atom is -0.493 e. The maximum atomic E-state index is 12.2. The maximum absolute atomic E-state index is 12.2. The molecule has 0 bridgehead atoms. The van der Waals surface area contributed by atoms with Crippen LogP contribution < -0.4 is 10.4 Å². The maximum Gasteiger partial charge on any atom is 0.339 e. The number of methoxy groups -OCH3 is 1. The van der Waals surface area contributed by atoms with E-state index in [1.165, 1.54) is 19.2 Å². The zero-order valence-electron chi connectivity index (χ0n) is 12.6. The molecule has 1 heterocycles. The molecule has 3 rings (SSSR count). The molecular formula is C17H12BrNO5. The Bertz CT molecular complexity index is 979. The standard InChI is InChI=1S/C17H12BrNO5/c1-23-15-9-13(18)8-11-7-12(17(20)24-16(11)15)6-10-2-4-14(5-3-10)19(21)22/h2-5,7-9H,6H2,1H3. The summed E-state index contributed by atoms with van der Waals surface area (Å²) in [7, 11) is 1.51. The SMILES string of the molecule is COc1cc(Br)cc2cc(Cc3ccc([N+](=O)[O-])cc3)c(=O)oc12. The van der Waals surface area contributed by atoms with Crippen molar-refractivity contribution in [3.05, 3.63) is 78.6 Å². The first-order chi connectivity index (χ1) is 11.5. The van der Waals surface area contributed by atoms with E-state index < -0.39 is 10.5 Å². The average molecular weight is 390 g/mol. The summed E-state index contributed by atoms with van der Waals surface area (Å²) in [4.78, 5) is 22.5. The number of fused-ring (bicyclic) bond motifs is 1. The van der Waals surface area contributed by atoms with Gasteiger partial charge in [0.25, 0.3) is 5.69 Å². The molecule has 1 aromatic heterocycles. The first kappa shape index (κ1) is 16.2. The van der Waals surface area contributed by atoms with Gasteiger partial charge in [0.15, 0.2) is 11.3 Å². The number of benzene rings is 2. The molecule has 0 amide bonds. The highest BCUT2D eigenvalue weighted by Gasteiger charge is 2.12. The molecule has 0 aliphatic heterocycles. The zero-order valence-corrected chi connectivity index (χ0v) is 14.2. The highest BCUT2D eigenvalue weighted by molar-refractivity contribution is 9.10. The van der Waals surface area contributed by atoms with Crippen molar-refractivity contribution in [2.24, 2.45) is 0 Å². The smallest absolute Gasteiger partial charge is 0.339 e. The molecule has 0 aliphatic carbocycles. The van der Waals surface area contributed by atoms with Gasteiger partial charge in [0.05, 0.1) is 12.0 Å². The van der Waals surface area contributed by atoms with Crippen LogP contribution >= 0.6 is 15.9 Å². The molecular weight excluding hydrogens is 378 g/mol. The van der Waals surface area contributed by atoms with Gasteiger partial charge in [0, 0.05) is 34.0 Å². The lowest BCUT2D eigenvalue weighted by Crippen LogP contribution is -2.08. The predicted octanol–water partition coefficient (Wildman–Crippen LogP) is 4.06. The van der Waals surface area contributed by atoms with Crippen molar-refractivity contribution in [3.63, 3.8) is 0 Å². The quantitative estimate of drug-likeness (QED) is 0.381. The lowest BCUT2D eigenvalue weighted by Gasteiger charge is -2.07. The Morgan fingerprint density at radius 3 is 2.54 bits per heavy atom. The van der Waals surface area contributed by atoms with E-state index >= 15 is 0 Å². The number of hydrogen-bond acceptors (Lipinski definition) is 5. The molecule has 0 aliphatic rings. The molecule has 24 heavy (non-hydrogen) atoms. The normalized spacial score (nSPS) is 10.8. The summed E-state index contributed by atoms with van der Waals surface area (Å²) < 4.78 is 11.4.